The summed E-state index contributed by atoms with van der Waals surface area (Å²) in [5.74, 6) is 0. The van der Waals surface area contributed by atoms with Gasteiger partial charge in [-0.05, 0) is 31.9 Å². The first-order valence-electron chi connectivity index (χ1n) is 5.03. The van der Waals surface area contributed by atoms with E-state index in [1.165, 1.54) is 22.4 Å². The SMILES string of the molecule is Cc1cc(C)c(N2C=NCC2)c(C)c1. The Kier molecular flexibility index (Phi) is 2.28. The van der Waals surface area contributed by atoms with Crippen LogP contribution in [-0.2, 0) is 0 Å². The normalized spacial score (nSPS) is 15.2. The Hall–Kier alpha value is -1.31. The maximum absolute atomic E-state index is 4.25. The first kappa shape index (κ1) is 9.25. The molecule has 1 aliphatic rings. The number of hydrogen-bond acceptors (Lipinski definition) is 2. The van der Waals surface area contributed by atoms with Gasteiger partial charge in [0.2, 0.25) is 0 Å². The Morgan fingerprint density at radius 3 is 2.29 bits per heavy atom. The molecule has 0 radical (unpaired) electrons. The molecule has 0 amide bonds. The maximum Gasteiger partial charge on any atom is 0.0895 e. The molecule has 2 rings (SSSR count). The number of hydrogen-bond donors (Lipinski definition) is 0. The summed E-state index contributed by atoms with van der Waals surface area (Å²) in [6.07, 6.45) is 1.95. The summed E-state index contributed by atoms with van der Waals surface area (Å²) in [4.78, 5) is 6.49. The van der Waals surface area contributed by atoms with Gasteiger partial charge in [0.25, 0.3) is 0 Å². The van der Waals surface area contributed by atoms with Gasteiger partial charge in [0.1, 0.15) is 0 Å². The second-order valence-corrected chi connectivity index (χ2v) is 3.96. The topological polar surface area (TPSA) is 15.6 Å². The average molecular weight is 188 g/mol. The number of aliphatic imine (C=N–C) groups is 1. The van der Waals surface area contributed by atoms with E-state index in [2.05, 4.69) is 42.8 Å². The third-order valence-corrected chi connectivity index (χ3v) is 2.61. The molecule has 0 saturated heterocycles. The monoisotopic (exact) mass is 188 g/mol. The molecule has 1 aromatic rings. The molecule has 14 heavy (non-hydrogen) atoms. The lowest BCUT2D eigenvalue weighted by atomic mass is 10.0. The summed E-state index contributed by atoms with van der Waals surface area (Å²) in [5, 5.41) is 0. The van der Waals surface area contributed by atoms with Gasteiger partial charge in [-0.15, -0.1) is 0 Å². The van der Waals surface area contributed by atoms with Crippen molar-refractivity contribution in [2.45, 2.75) is 20.8 Å². The first-order chi connectivity index (χ1) is 6.68. The third kappa shape index (κ3) is 1.52. The smallest absolute Gasteiger partial charge is 0.0895 e. The van der Waals surface area contributed by atoms with E-state index in [-0.39, 0.29) is 0 Å². The van der Waals surface area contributed by atoms with Crippen LogP contribution in [-0.4, -0.2) is 19.4 Å². The van der Waals surface area contributed by atoms with E-state index in [9.17, 15) is 0 Å². The second kappa shape index (κ2) is 3.45. The van der Waals surface area contributed by atoms with Crippen molar-refractivity contribution in [3.63, 3.8) is 0 Å². The molecule has 2 heteroatoms. The van der Waals surface area contributed by atoms with Gasteiger partial charge < -0.3 is 4.90 Å². The zero-order chi connectivity index (χ0) is 10.1. The molecule has 0 aromatic heterocycles. The van der Waals surface area contributed by atoms with E-state index < -0.39 is 0 Å². The Balaban J connectivity index is 2.46. The van der Waals surface area contributed by atoms with E-state index >= 15 is 0 Å². The standard InChI is InChI=1S/C12H16N2/c1-9-6-10(2)12(11(3)7-9)14-5-4-13-8-14/h6-8H,4-5H2,1-3H3. The summed E-state index contributed by atoms with van der Waals surface area (Å²) < 4.78 is 0. The molecule has 0 spiro atoms. The third-order valence-electron chi connectivity index (χ3n) is 2.61. The lowest BCUT2D eigenvalue weighted by molar-refractivity contribution is 1.01. The van der Waals surface area contributed by atoms with E-state index in [1.807, 2.05) is 6.34 Å². The predicted octanol–water partition coefficient (Wildman–Crippen LogP) is 2.46. The molecule has 74 valence electrons. The van der Waals surface area contributed by atoms with Crippen LogP contribution >= 0.6 is 0 Å². The van der Waals surface area contributed by atoms with Crippen LogP contribution < -0.4 is 4.90 Å². The van der Waals surface area contributed by atoms with Crippen LogP contribution in [0.3, 0.4) is 0 Å². The minimum atomic E-state index is 0.923. The molecule has 0 saturated carbocycles. The number of benzene rings is 1. The van der Waals surface area contributed by atoms with Crippen molar-refractivity contribution in [1.82, 2.24) is 0 Å². The van der Waals surface area contributed by atoms with Crippen molar-refractivity contribution < 1.29 is 0 Å². The molecule has 0 fully saturated rings. The minimum Gasteiger partial charge on any atom is -0.330 e. The number of aryl methyl sites for hydroxylation is 3. The molecular formula is C12H16N2. The average Bonchev–Trinajstić information content (AvgIpc) is 2.54. The van der Waals surface area contributed by atoms with Crippen LogP contribution in [0.25, 0.3) is 0 Å². The fourth-order valence-corrected chi connectivity index (χ4v) is 2.17. The Morgan fingerprint density at radius 1 is 1.14 bits per heavy atom. The van der Waals surface area contributed by atoms with E-state index in [4.69, 9.17) is 0 Å². The van der Waals surface area contributed by atoms with E-state index in [0.717, 1.165) is 13.1 Å². The summed E-state index contributed by atoms with van der Waals surface area (Å²) in [6, 6.07) is 4.46. The highest BCUT2D eigenvalue weighted by Crippen LogP contribution is 2.26. The van der Waals surface area contributed by atoms with Crippen LogP contribution in [0, 0.1) is 20.8 Å². The van der Waals surface area contributed by atoms with Gasteiger partial charge >= 0.3 is 0 Å². The molecule has 0 aliphatic carbocycles. The number of nitrogens with zero attached hydrogens (tertiary/aromatic N) is 2. The number of anilines is 1. The Bertz CT molecular complexity index is 357. The van der Waals surface area contributed by atoms with Gasteiger partial charge in [-0.3, -0.25) is 4.99 Å². The molecule has 1 aromatic carbocycles. The Morgan fingerprint density at radius 2 is 1.79 bits per heavy atom. The highest BCUT2D eigenvalue weighted by atomic mass is 15.2. The van der Waals surface area contributed by atoms with Crippen LogP contribution in [0.15, 0.2) is 17.1 Å². The van der Waals surface area contributed by atoms with Crippen LogP contribution in [0.4, 0.5) is 5.69 Å². The lowest BCUT2D eigenvalue weighted by Crippen LogP contribution is -2.20. The quantitative estimate of drug-likeness (QED) is 0.661. The Labute approximate surface area is 85.3 Å². The highest BCUT2D eigenvalue weighted by Gasteiger charge is 2.13. The molecule has 2 nitrogen and oxygen atoms in total. The fourth-order valence-electron chi connectivity index (χ4n) is 2.17. The van der Waals surface area contributed by atoms with Gasteiger partial charge in [0.15, 0.2) is 0 Å². The molecule has 1 heterocycles. The summed E-state index contributed by atoms with van der Waals surface area (Å²) in [6.45, 7) is 8.42. The van der Waals surface area contributed by atoms with Gasteiger partial charge in [0.05, 0.1) is 12.9 Å². The van der Waals surface area contributed by atoms with Gasteiger partial charge in [-0.25, -0.2) is 0 Å². The van der Waals surface area contributed by atoms with Gasteiger partial charge in [-0.1, -0.05) is 17.7 Å². The predicted molar refractivity (Wildman–Crippen MR) is 61.4 cm³/mol. The maximum atomic E-state index is 4.25. The molecule has 1 aliphatic heterocycles. The molecule has 0 atom stereocenters. The van der Waals surface area contributed by atoms with Crippen molar-refractivity contribution in [2.75, 3.05) is 18.0 Å². The number of rotatable bonds is 1. The largest absolute Gasteiger partial charge is 0.330 e. The molecule has 0 N–H and O–H groups in total. The summed E-state index contributed by atoms with van der Waals surface area (Å²) >= 11 is 0. The lowest BCUT2D eigenvalue weighted by Gasteiger charge is -2.20. The van der Waals surface area contributed by atoms with Crippen LogP contribution in [0.5, 0.6) is 0 Å². The highest BCUT2D eigenvalue weighted by molar-refractivity contribution is 5.84. The van der Waals surface area contributed by atoms with Gasteiger partial charge in [-0.2, -0.15) is 0 Å². The van der Waals surface area contributed by atoms with Crippen molar-refractivity contribution in [2.24, 2.45) is 4.99 Å². The van der Waals surface area contributed by atoms with Crippen molar-refractivity contribution in [3.05, 3.63) is 28.8 Å². The van der Waals surface area contributed by atoms with Crippen molar-refractivity contribution in [3.8, 4) is 0 Å². The van der Waals surface area contributed by atoms with E-state index in [1.54, 1.807) is 0 Å². The molecule has 0 unspecified atom stereocenters. The first-order valence-corrected chi connectivity index (χ1v) is 5.03. The summed E-state index contributed by atoms with van der Waals surface area (Å²) in [5.41, 5.74) is 5.35. The summed E-state index contributed by atoms with van der Waals surface area (Å²) in [7, 11) is 0. The zero-order valence-electron chi connectivity index (χ0n) is 9.04. The van der Waals surface area contributed by atoms with Crippen molar-refractivity contribution >= 4 is 12.0 Å². The molecule has 0 bridgehead atoms. The van der Waals surface area contributed by atoms with Crippen LogP contribution in [0.1, 0.15) is 16.7 Å². The molecular weight excluding hydrogens is 172 g/mol. The van der Waals surface area contributed by atoms with Gasteiger partial charge in [0, 0.05) is 12.2 Å². The van der Waals surface area contributed by atoms with E-state index in [0.29, 0.717) is 0 Å². The van der Waals surface area contributed by atoms with Crippen LogP contribution in [0.2, 0.25) is 0 Å². The fraction of sp³-hybridized carbons (Fsp3) is 0.417. The van der Waals surface area contributed by atoms with Crippen molar-refractivity contribution in [1.29, 1.82) is 0 Å². The second-order valence-electron chi connectivity index (χ2n) is 3.96. The minimum absolute atomic E-state index is 0.923. The zero-order valence-corrected chi connectivity index (χ0v) is 9.04.